The van der Waals surface area contributed by atoms with Crippen molar-refractivity contribution in [2.24, 2.45) is 4.99 Å². The first kappa shape index (κ1) is 24.6. The average Bonchev–Trinajstić information content (AvgIpc) is 2.71. The van der Waals surface area contributed by atoms with Crippen molar-refractivity contribution in [3.63, 3.8) is 0 Å². The second kappa shape index (κ2) is 11.6. The monoisotopic (exact) mass is 439 g/mol. The zero-order valence-electron chi connectivity index (χ0n) is 18.9. The molecular formula is C21H37N5O3S. The predicted octanol–water partition coefficient (Wildman–Crippen LogP) is 1.24. The van der Waals surface area contributed by atoms with E-state index in [4.69, 9.17) is 4.74 Å². The highest BCUT2D eigenvalue weighted by Crippen LogP contribution is 2.17. The Balaban J connectivity index is 1.89. The summed E-state index contributed by atoms with van der Waals surface area (Å²) >= 11 is 0. The Hall–Kier alpha value is -1.68. The van der Waals surface area contributed by atoms with Crippen molar-refractivity contribution in [1.29, 1.82) is 0 Å². The molecule has 1 atom stereocenters. The van der Waals surface area contributed by atoms with Crippen molar-refractivity contribution in [3.05, 3.63) is 35.9 Å². The van der Waals surface area contributed by atoms with Crippen molar-refractivity contribution >= 4 is 16.0 Å². The van der Waals surface area contributed by atoms with E-state index in [2.05, 4.69) is 46.3 Å². The van der Waals surface area contributed by atoms with E-state index in [1.807, 2.05) is 32.0 Å². The molecule has 0 saturated carbocycles. The summed E-state index contributed by atoms with van der Waals surface area (Å²) in [6, 6.07) is 10.6. The van der Waals surface area contributed by atoms with E-state index in [-0.39, 0.29) is 24.5 Å². The summed E-state index contributed by atoms with van der Waals surface area (Å²) in [6.45, 7) is 6.90. The molecule has 1 unspecified atom stereocenters. The molecule has 1 aromatic rings. The van der Waals surface area contributed by atoms with Gasteiger partial charge in [0.2, 0.25) is 10.0 Å². The first-order valence-corrected chi connectivity index (χ1v) is 12.1. The number of hydrogen-bond acceptors (Lipinski definition) is 5. The summed E-state index contributed by atoms with van der Waals surface area (Å²) in [7, 11) is 2.60. The van der Waals surface area contributed by atoms with Crippen LogP contribution in [0, 0.1) is 0 Å². The number of hydrogen-bond donors (Lipinski definition) is 1. The number of rotatable bonds is 9. The van der Waals surface area contributed by atoms with Gasteiger partial charge in [0.25, 0.3) is 0 Å². The molecule has 30 heavy (non-hydrogen) atoms. The fourth-order valence-corrected chi connectivity index (χ4v) is 4.77. The van der Waals surface area contributed by atoms with Crippen molar-refractivity contribution in [3.8, 4) is 0 Å². The van der Waals surface area contributed by atoms with Gasteiger partial charge < -0.3 is 19.9 Å². The van der Waals surface area contributed by atoms with Crippen LogP contribution in [0.2, 0.25) is 0 Å². The molecule has 9 heteroatoms. The molecule has 1 saturated heterocycles. The Bertz CT molecular complexity index is 760. The molecule has 0 spiro atoms. The zero-order chi connectivity index (χ0) is 22.1. The maximum absolute atomic E-state index is 12.5. The molecule has 0 aliphatic carbocycles. The first-order chi connectivity index (χ1) is 14.2. The molecule has 170 valence electrons. The average molecular weight is 440 g/mol. The van der Waals surface area contributed by atoms with Crippen LogP contribution in [0.25, 0.3) is 0 Å². The van der Waals surface area contributed by atoms with Crippen LogP contribution in [0.3, 0.4) is 0 Å². The fourth-order valence-electron chi connectivity index (χ4n) is 3.49. The van der Waals surface area contributed by atoms with Gasteiger partial charge in [-0.25, -0.2) is 8.42 Å². The minimum absolute atomic E-state index is 0.0275. The van der Waals surface area contributed by atoms with Gasteiger partial charge in [0.15, 0.2) is 5.96 Å². The Kier molecular flexibility index (Phi) is 9.54. The molecule has 0 radical (unpaired) electrons. The molecule has 1 fully saturated rings. The molecule has 0 amide bonds. The molecule has 1 aliphatic heterocycles. The lowest BCUT2D eigenvalue weighted by Crippen LogP contribution is -2.54. The highest BCUT2D eigenvalue weighted by molar-refractivity contribution is 7.89. The summed E-state index contributed by atoms with van der Waals surface area (Å²) in [5, 5.41) is 3.47. The topological polar surface area (TPSA) is 77.5 Å². The van der Waals surface area contributed by atoms with E-state index in [1.54, 1.807) is 11.4 Å². The minimum atomic E-state index is -3.29. The standard InChI is InChI=1S/C21H37N5O3S/c1-18(2)29-15-16-30(27,28)26-13-11-25(12-14-26)21(22-3)23-17-20(24(4)5)19-9-7-6-8-10-19/h6-10,18,20H,11-17H2,1-5H3,(H,22,23). The minimum Gasteiger partial charge on any atom is -0.378 e. The van der Waals surface area contributed by atoms with E-state index >= 15 is 0 Å². The largest absolute Gasteiger partial charge is 0.378 e. The van der Waals surface area contributed by atoms with Crippen LogP contribution in [0.4, 0.5) is 0 Å². The second-order valence-corrected chi connectivity index (χ2v) is 10.0. The number of nitrogens with zero attached hydrogens (tertiary/aromatic N) is 4. The normalized spacial score (nSPS) is 17.6. The number of piperazine rings is 1. The van der Waals surface area contributed by atoms with E-state index in [1.165, 1.54) is 5.56 Å². The smallest absolute Gasteiger partial charge is 0.216 e. The Labute approximate surface area is 181 Å². The Morgan fingerprint density at radius 3 is 2.33 bits per heavy atom. The number of aliphatic imine (C=N–C) groups is 1. The molecule has 1 aliphatic rings. The van der Waals surface area contributed by atoms with Gasteiger partial charge in [0.05, 0.1) is 24.5 Å². The number of benzene rings is 1. The third-order valence-corrected chi connectivity index (χ3v) is 7.03. The fraction of sp³-hybridized carbons (Fsp3) is 0.667. The molecule has 8 nitrogen and oxygen atoms in total. The van der Waals surface area contributed by atoms with Gasteiger partial charge in [-0.3, -0.25) is 4.99 Å². The van der Waals surface area contributed by atoms with Gasteiger partial charge in [-0.2, -0.15) is 4.31 Å². The lowest BCUT2D eigenvalue weighted by Gasteiger charge is -2.36. The first-order valence-electron chi connectivity index (χ1n) is 10.5. The summed E-state index contributed by atoms with van der Waals surface area (Å²) in [5.41, 5.74) is 1.24. The van der Waals surface area contributed by atoms with Gasteiger partial charge in [0, 0.05) is 39.8 Å². The van der Waals surface area contributed by atoms with Crippen LogP contribution in [0.5, 0.6) is 0 Å². The number of ether oxygens (including phenoxy) is 1. The van der Waals surface area contributed by atoms with E-state index < -0.39 is 10.0 Å². The second-order valence-electron chi connectivity index (χ2n) is 7.94. The van der Waals surface area contributed by atoms with E-state index in [0.717, 1.165) is 12.5 Å². The van der Waals surface area contributed by atoms with Crippen LogP contribution in [0.1, 0.15) is 25.5 Å². The third kappa shape index (κ3) is 7.23. The summed E-state index contributed by atoms with van der Waals surface area (Å²) in [5.74, 6) is 0.831. The summed E-state index contributed by atoms with van der Waals surface area (Å²) < 4.78 is 32.0. The lowest BCUT2D eigenvalue weighted by molar-refractivity contribution is 0.0904. The highest BCUT2D eigenvalue weighted by atomic mass is 32.2. The van der Waals surface area contributed by atoms with Crippen molar-refractivity contribution in [2.75, 3.05) is 66.2 Å². The zero-order valence-corrected chi connectivity index (χ0v) is 19.7. The Morgan fingerprint density at radius 2 is 1.80 bits per heavy atom. The van der Waals surface area contributed by atoms with Crippen LogP contribution in [-0.4, -0.2) is 101 Å². The Morgan fingerprint density at radius 1 is 1.17 bits per heavy atom. The van der Waals surface area contributed by atoms with Gasteiger partial charge >= 0.3 is 0 Å². The molecule has 1 aromatic carbocycles. The van der Waals surface area contributed by atoms with Crippen molar-refractivity contribution < 1.29 is 13.2 Å². The molecule has 1 heterocycles. The summed E-state index contributed by atoms with van der Waals surface area (Å²) in [4.78, 5) is 8.72. The third-order valence-electron chi connectivity index (χ3n) is 5.20. The van der Waals surface area contributed by atoms with Gasteiger partial charge in [0.1, 0.15) is 0 Å². The van der Waals surface area contributed by atoms with E-state index in [0.29, 0.717) is 26.2 Å². The molecule has 0 aromatic heterocycles. The van der Waals surface area contributed by atoms with Crippen LogP contribution < -0.4 is 5.32 Å². The highest BCUT2D eigenvalue weighted by Gasteiger charge is 2.28. The quantitative estimate of drug-likeness (QED) is 0.461. The maximum Gasteiger partial charge on any atom is 0.216 e. The number of nitrogens with one attached hydrogen (secondary N) is 1. The molecule has 1 N–H and O–H groups in total. The summed E-state index contributed by atoms with van der Waals surface area (Å²) in [6.07, 6.45) is 0.0355. The van der Waals surface area contributed by atoms with Gasteiger partial charge in [-0.1, -0.05) is 30.3 Å². The van der Waals surface area contributed by atoms with Gasteiger partial charge in [-0.05, 0) is 33.5 Å². The molecule has 0 bridgehead atoms. The number of sulfonamides is 1. The molecular weight excluding hydrogens is 402 g/mol. The molecule has 2 rings (SSSR count). The van der Waals surface area contributed by atoms with Crippen molar-refractivity contribution in [1.82, 2.24) is 19.4 Å². The maximum atomic E-state index is 12.5. The number of likely N-dealkylation sites (N-methyl/N-ethyl adjacent to an activating group) is 1. The van der Waals surface area contributed by atoms with Crippen LogP contribution in [-0.2, 0) is 14.8 Å². The van der Waals surface area contributed by atoms with Gasteiger partial charge in [-0.15, -0.1) is 0 Å². The lowest BCUT2D eigenvalue weighted by atomic mass is 10.1. The number of guanidine groups is 1. The van der Waals surface area contributed by atoms with Crippen LogP contribution in [0.15, 0.2) is 35.3 Å². The van der Waals surface area contributed by atoms with Crippen LogP contribution >= 0.6 is 0 Å². The predicted molar refractivity (Wildman–Crippen MR) is 122 cm³/mol. The van der Waals surface area contributed by atoms with Crippen molar-refractivity contribution in [2.45, 2.75) is 26.0 Å². The van der Waals surface area contributed by atoms with E-state index in [9.17, 15) is 8.42 Å². The SMILES string of the molecule is CN=C(NCC(c1ccccc1)N(C)C)N1CCN(S(=O)(=O)CCOC(C)C)CC1.